The van der Waals surface area contributed by atoms with Crippen molar-refractivity contribution in [2.45, 2.75) is 52.2 Å². The molecule has 0 N–H and O–H groups in total. The van der Waals surface area contributed by atoms with Crippen molar-refractivity contribution in [2.75, 3.05) is 12.9 Å². The molecule has 0 bridgehead atoms. The fourth-order valence-electron chi connectivity index (χ4n) is 5.38. The second-order valence-corrected chi connectivity index (χ2v) is 9.13. The first kappa shape index (κ1) is 21.0. The molecule has 0 unspecified atom stereocenters. The summed E-state index contributed by atoms with van der Waals surface area (Å²) < 4.78 is 16.9. The Morgan fingerprint density at radius 1 is 1.32 bits per heavy atom. The van der Waals surface area contributed by atoms with Gasteiger partial charge < -0.3 is 14.2 Å². The minimum Gasteiger partial charge on any atom is -0.461 e. The molecule has 154 valence electrons. The summed E-state index contributed by atoms with van der Waals surface area (Å²) in [4.78, 5) is 37.1. The number of hydrogen-bond acceptors (Lipinski definition) is 7. The molecule has 7 heteroatoms. The van der Waals surface area contributed by atoms with Crippen molar-refractivity contribution in [3.63, 3.8) is 0 Å². The van der Waals surface area contributed by atoms with E-state index < -0.39 is 29.6 Å². The molecular formula is C21H28O6S. The van der Waals surface area contributed by atoms with E-state index in [1.165, 1.54) is 24.8 Å². The zero-order valence-electron chi connectivity index (χ0n) is 16.9. The normalized spacial score (nSPS) is 39.9. The lowest BCUT2D eigenvalue weighted by Crippen LogP contribution is -2.50. The molecule has 0 aromatic heterocycles. The van der Waals surface area contributed by atoms with Crippen LogP contribution in [0.15, 0.2) is 23.6 Å². The van der Waals surface area contributed by atoms with Gasteiger partial charge in [-0.15, -0.1) is 11.8 Å². The molecule has 0 aromatic carbocycles. The van der Waals surface area contributed by atoms with E-state index in [-0.39, 0.29) is 29.8 Å². The fourth-order valence-corrected chi connectivity index (χ4v) is 5.63. The van der Waals surface area contributed by atoms with Crippen LogP contribution in [0.4, 0.5) is 0 Å². The molecule has 2 saturated carbocycles. The van der Waals surface area contributed by atoms with Crippen LogP contribution in [0.5, 0.6) is 0 Å². The lowest BCUT2D eigenvalue weighted by Gasteiger charge is -2.46. The van der Waals surface area contributed by atoms with E-state index >= 15 is 0 Å². The van der Waals surface area contributed by atoms with E-state index in [1.54, 1.807) is 5.41 Å². The Kier molecular flexibility index (Phi) is 5.67. The van der Waals surface area contributed by atoms with Crippen LogP contribution < -0.4 is 0 Å². The highest BCUT2D eigenvalue weighted by Gasteiger charge is 2.71. The number of esters is 3. The van der Waals surface area contributed by atoms with Crippen LogP contribution in [0, 0.1) is 22.7 Å². The standard InChI is InChI=1S/C21H28O6S/c1-12-6-7-15(27-16(23)8-9-28-5)17-18(26-14(3)22)21(11-20(12,17)4)13(2)10-25-19(21)24/h8-9,12,15,17-18H,2,6-7,10-11H2,1,3-5H3/b9-8+/t12-,15+,17+,18+,20+,21+/m1/s1. The van der Waals surface area contributed by atoms with Crippen molar-refractivity contribution in [1.29, 1.82) is 0 Å². The Morgan fingerprint density at radius 3 is 2.61 bits per heavy atom. The van der Waals surface area contributed by atoms with Crippen LogP contribution in [0.2, 0.25) is 0 Å². The average Bonchev–Trinajstić information content (AvgIpc) is 3.06. The van der Waals surface area contributed by atoms with Gasteiger partial charge in [-0.05, 0) is 47.8 Å². The number of hydrogen-bond donors (Lipinski definition) is 0. The third-order valence-electron chi connectivity index (χ3n) is 6.92. The van der Waals surface area contributed by atoms with Gasteiger partial charge in [0.2, 0.25) is 0 Å². The molecule has 1 spiro atoms. The van der Waals surface area contributed by atoms with Gasteiger partial charge in [-0.2, -0.15) is 0 Å². The Balaban J connectivity index is 2.03. The maximum Gasteiger partial charge on any atom is 0.331 e. The molecule has 1 aliphatic heterocycles. The van der Waals surface area contributed by atoms with Crippen molar-refractivity contribution >= 4 is 29.7 Å². The van der Waals surface area contributed by atoms with Crippen LogP contribution in [0.1, 0.15) is 40.0 Å². The molecular weight excluding hydrogens is 380 g/mol. The predicted octanol–water partition coefficient (Wildman–Crippen LogP) is 3.26. The molecule has 6 nitrogen and oxygen atoms in total. The molecule has 1 saturated heterocycles. The summed E-state index contributed by atoms with van der Waals surface area (Å²) in [5, 5.41) is 1.67. The molecule has 3 fully saturated rings. The van der Waals surface area contributed by atoms with Crippen molar-refractivity contribution in [3.8, 4) is 0 Å². The highest BCUT2D eigenvalue weighted by Crippen LogP contribution is 2.66. The van der Waals surface area contributed by atoms with Gasteiger partial charge in [0.25, 0.3) is 0 Å². The summed E-state index contributed by atoms with van der Waals surface area (Å²) in [6.07, 6.45) is 4.08. The second kappa shape index (κ2) is 7.58. The van der Waals surface area contributed by atoms with Crippen molar-refractivity contribution in [2.24, 2.45) is 22.7 Å². The van der Waals surface area contributed by atoms with Gasteiger partial charge in [-0.25, -0.2) is 4.79 Å². The van der Waals surface area contributed by atoms with Gasteiger partial charge in [-0.1, -0.05) is 20.4 Å². The van der Waals surface area contributed by atoms with Gasteiger partial charge in [0.1, 0.15) is 24.2 Å². The van der Waals surface area contributed by atoms with Crippen LogP contribution >= 0.6 is 11.8 Å². The Bertz CT molecular complexity index is 712. The summed E-state index contributed by atoms with van der Waals surface area (Å²) in [7, 11) is 0. The van der Waals surface area contributed by atoms with Crippen molar-refractivity contribution in [1.82, 2.24) is 0 Å². The first-order valence-corrected chi connectivity index (χ1v) is 10.9. The van der Waals surface area contributed by atoms with E-state index in [0.717, 1.165) is 6.42 Å². The Morgan fingerprint density at radius 2 is 2.04 bits per heavy atom. The number of carbonyl (C=O) groups excluding carboxylic acids is 3. The van der Waals surface area contributed by atoms with E-state index in [1.807, 2.05) is 6.26 Å². The van der Waals surface area contributed by atoms with Crippen LogP contribution in [0.3, 0.4) is 0 Å². The number of fused-ring (bicyclic) bond motifs is 1. The van der Waals surface area contributed by atoms with Crippen LogP contribution in [-0.4, -0.2) is 43.0 Å². The Labute approximate surface area is 170 Å². The highest BCUT2D eigenvalue weighted by atomic mass is 32.2. The van der Waals surface area contributed by atoms with Gasteiger partial charge in [0.15, 0.2) is 0 Å². The summed E-state index contributed by atoms with van der Waals surface area (Å²) in [5.74, 6) is -1.31. The Hall–Kier alpha value is -1.76. The summed E-state index contributed by atoms with van der Waals surface area (Å²) in [6, 6.07) is 0. The fraction of sp³-hybridized carbons (Fsp3) is 0.667. The highest BCUT2D eigenvalue weighted by molar-refractivity contribution is 8.01. The lowest BCUT2D eigenvalue weighted by atomic mass is 9.61. The predicted molar refractivity (Wildman–Crippen MR) is 105 cm³/mol. The SMILES string of the molecule is C=C1COC(=O)[C@@]12C[C@]1(C)[C@@H]([C@@H](OC(=O)/C=C/SC)CC[C@H]1C)[C@@H]2OC(C)=O. The van der Waals surface area contributed by atoms with Crippen LogP contribution in [-0.2, 0) is 28.6 Å². The lowest BCUT2D eigenvalue weighted by molar-refractivity contribution is -0.172. The quantitative estimate of drug-likeness (QED) is 0.306. The van der Waals surface area contributed by atoms with Gasteiger partial charge in [0, 0.05) is 18.9 Å². The van der Waals surface area contributed by atoms with E-state index in [0.29, 0.717) is 18.4 Å². The molecule has 3 rings (SSSR count). The van der Waals surface area contributed by atoms with E-state index in [9.17, 15) is 14.4 Å². The van der Waals surface area contributed by atoms with Crippen molar-refractivity contribution < 1.29 is 28.6 Å². The van der Waals surface area contributed by atoms with E-state index in [2.05, 4.69) is 20.4 Å². The van der Waals surface area contributed by atoms with Gasteiger partial charge in [-0.3, -0.25) is 9.59 Å². The molecule has 3 aliphatic rings. The minimum absolute atomic E-state index is 0.134. The van der Waals surface area contributed by atoms with Gasteiger partial charge in [0.05, 0.1) is 0 Å². The maximum atomic E-state index is 12.9. The zero-order valence-corrected chi connectivity index (χ0v) is 17.7. The number of carbonyl (C=O) groups is 3. The zero-order chi connectivity index (χ0) is 20.7. The monoisotopic (exact) mass is 408 g/mol. The van der Waals surface area contributed by atoms with Gasteiger partial charge >= 0.3 is 17.9 Å². The number of cyclic esters (lactones) is 1. The molecule has 0 amide bonds. The third kappa shape index (κ3) is 3.17. The number of rotatable bonds is 4. The molecule has 0 radical (unpaired) electrons. The molecule has 6 atom stereocenters. The van der Waals surface area contributed by atoms with Crippen molar-refractivity contribution in [3.05, 3.63) is 23.6 Å². The second-order valence-electron chi connectivity index (χ2n) is 8.38. The van der Waals surface area contributed by atoms with E-state index in [4.69, 9.17) is 14.2 Å². The summed E-state index contributed by atoms with van der Waals surface area (Å²) in [6.45, 7) is 9.79. The van der Waals surface area contributed by atoms with Crippen LogP contribution in [0.25, 0.3) is 0 Å². The summed E-state index contributed by atoms with van der Waals surface area (Å²) in [5.41, 5.74) is -0.776. The molecule has 0 aromatic rings. The average molecular weight is 409 g/mol. The number of ether oxygens (including phenoxy) is 3. The molecule has 2 aliphatic carbocycles. The first-order chi connectivity index (χ1) is 13.2. The smallest absolute Gasteiger partial charge is 0.331 e. The third-order valence-corrected chi connectivity index (χ3v) is 7.33. The number of thioether (sulfide) groups is 1. The topological polar surface area (TPSA) is 78.9 Å². The largest absolute Gasteiger partial charge is 0.461 e. The maximum absolute atomic E-state index is 12.9. The molecule has 28 heavy (non-hydrogen) atoms. The first-order valence-electron chi connectivity index (χ1n) is 9.59. The minimum atomic E-state index is -1.07. The summed E-state index contributed by atoms with van der Waals surface area (Å²) >= 11 is 1.41. The molecule has 1 heterocycles.